The highest BCUT2D eigenvalue weighted by molar-refractivity contribution is 7.20. The second-order valence-electron chi connectivity index (χ2n) is 7.15. The first kappa shape index (κ1) is 15.4. The van der Waals surface area contributed by atoms with Crippen LogP contribution in [-0.2, 0) is 5.41 Å². The normalized spacial score (nSPS) is 18.5. The van der Waals surface area contributed by atoms with E-state index < -0.39 is 0 Å². The second kappa shape index (κ2) is 5.73. The van der Waals surface area contributed by atoms with E-state index in [9.17, 15) is 0 Å². The SMILES string of the molecule is CC(C)(C)c1cn2nc(N3CCC(Oc4cccnc4)C3)sc2n1. The number of aromatic nitrogens is 4. The van der Waals surface area contributed by atoms with Gasteiger partial charge in [-0.1, -0.05) is 32.1 Å². The maximum atomic E-state index is 6.00. The largest absolute Gasteiger partial charge is 0.487 e. The van der Waals surface area contributed by atoms with Crippen LogP contribution in [-0.4, -0.2) is 38.8 Å². The summed E-state index contributed by atoms with van der Waals surface area (Å²) in [6.45, 7) is 8.30. The Hall–Kier alpha value is -2.15. The van der Waals surface area contributed by atoms with Crippen LogP contribution in [0.3, 0.4) is 0 Å². The lowest BCUT2D eigenvalue weighted by Crippen LogP contribution is -2.24. The summed E-state index contributed by atoms with van der Waals surface area (Å²) >= 11 is 1.64. The molecule has 0 aliphatic carbocycles. The number of hydrogen-bond acceptors (Lipinski definition) is 6. The Balaban J connectivity index is 1.47. The first-order chi connectivity index (χ1) is 11.5. The minimum Gasteiger partial charge on any atom is -0.487 e. The zero-order valence-corrected chi connectivity index (χ0v) is 15.0. The van der Waals surface area contributed by atoms with Crippen LogP contribution >= 0.6 is 11.3 Å². The lowest BCUT2D eigenvalue weighted by atomic mass is 9.93. The van der Waals surface area contributed by atoms with Gasteiger partial charge in [0, 0.05) is 24.6 Å². The van der Waals surface area contributed by atoms with Crippen molar-refractivity contribution < 1.29 is 4.74 Å². The Morgan fingerprint density at radius 1 is 1.33 bits per heavy atom. The molecule has 0 radical (unpaired) electrons. The van der Waals surface area contributed by atoms with Gasteiger partial charge < -0.3 is 9.64 Å². The molecule has 7 heteroatoms. The molecule has 4 rings (SSSR count). The Bertz CT molecular complexity index is 804. The van der Waals surface area contributed by atoms with Crippen molar-refractivity contribution in [1.29, 1.82) is 0 Å². The zero-order chi connectivity index (χ0) is 16.7. The zero-order valence-electron chi connectivity index (χ0n) is 14.1. The molecule has 1 fully saturated rings. The predicted octanol–water partition coefficient (Wildman–Crippen LogP) is 3.14. The number of hydrogen-bond donors (Lipinski definition) is 0. The minimum absolute atomic E-state index is 0.0455. The first-order valence-corrected chi connectivity index (χ1v) is 8.99. The molecule has 3 aromatic heterocycles. The number of nitrogens with zero attached hydrogens (tertiary/aromatic N) is 5. The molecule has 1 unspecified atom stereocenters. The van der Waals surface area contributed by atoms with E-state index in [0.717, 1.165) is 41.0 Å². The van der Waals surface area contributed by atoms with Crippen molar-refractivity contribution in [3.8, 4) is 5.75 Å². The van der Waals surface area contributed by atoms with Gasteiger partial charge in [0.2, 0.25) is 10.1 Å². The van der Waals surface area contributed by atoms with Crippen LogP contribution in [0.25, 0.3) is 4.96 Å². The average Bonchev–Trinajstić information content (AvgIpc) is 3.20. The molecule has 0 aromatic carbocycles. The van der Waals surface area contributed by atoms with Crippen molar-refractivity contribution in [1.82, 2.24) is 19.6 Å². The van der Waals surface area contributed by atoms with Crippen LogP contribution in [0.15, 0.2) is 30.7 Å². The second-order valence-corrected chi connectivity index (χ2v) is 8.09. The predicted molar refractivity (Wildman–Crippen MR) is 95.0 cm³/mol. The summed E-state index contributed by atoms with van der Waals surface area (Å²) < 4.78 is 7.90. The quantitative estimate of drug-likeness (QED) is 0.731. The Morgan fingerprint density at radius 2 is 2.21 bits per heavy atom. The first-order valence-electron chi connectivity index (χ1n) is 8.17. The lowest BCUT2D eigenvalue weighted by molar-refractivity contribution is 0.224. The summed E-state index contributed by atoms with van der Waals surface area (Å²) in [5.74, 6) is 0.827. The topological polar surface area (TPSA) is 55.5 Å². The summed E-state index contributed by atoms with van der Waals surface area (Å²) in [4.78, 5) is 12.0. The molecular weight excluding hydrogens is 322 g/mol. The van der Waals surface area contributed by atoms with Gasteiger partial charge in [-0.2, -0.15) is 0 Å². The fraction of sp³-hybridized carbons (Fsp3) is 0.471. The molecular formula is C17H21N5OS. The van der Waals surface area contributed by atoms with Gasteiger partial charge in [0.05, 0.1) is 24.6 Å². The number of fused-ring (bicyclic) bond motifs is 1. The molecule has 3 aromatic rings. The molecule has 6 nitrogen and oxygen atoms in total. The van der Waals surface area contributed by atoms with Crippen molar-refractivity contribution in [3.63, 3.8) is 0 Å². The van der Waals surface area contributed by atoms with Crippen LogP contribution in [0, 0.1) is 0 Å². The Morgan fingerprint density at radius 3 is 2.92 bits per heavy atom. The summed E-state index contributed by atoms with van der Waals surface area (Å²) in [6.07, 6.45) is 6.72. The molecule has 24 heavy (non-hydrogen) atoms. The summed E-state index contributed by atoms with van der Waals surface area (Å²) in [5.41, 5.74) is 1.12. The molecule has 4 heterocycles. The molecule has 0 saturated carbocycles. The number of rotatable bonds is 3. The smallest absolute Gasteiger partial charge is 0.214 e. The van der Waals surface area contributed by atoms with Crippen molar-refractivity contribution in [2.75, 3.05) is 18.0 Å². The molecule has 0 amide bonds. The molecule has 1 aliphatic heterocycles. The maximum absolute atomic E-state index is 6.00. The van der Waals surface area contributed by atoms with Crippen molar-refractivity contribution >= 4 is 21.4 Å². The lowest BCUT2D eigenvalue weighted by Gasteiger charge is -2.15. The van der Waals surface area contributed by atoms with Crippen LogP contribution in [0.4, 0.5) is 5.13 Å². The third-order valence-corrected chi connectivity index (χ3v) is 5.14. The monoisotopic (exact) mass is 343 g/mol. The number of ether oxygens (including phenoxy) is 1. The van der Waals surface area contributed by atoms with Gasteiger partial charge in [0.25, 0.3) is 0 Å². The van der Waals surface area contributed by atoms with E-state index >= 15 is 0 Å². The average molecular weight is 343 g/mol. The van der Waals surface area contributed by atoms with Gasteiger partial charge in [-0.25, -0.2) is 9.50 Å². The molecule has 1 aliphatic rings. The standard InChI is InChI=1S/C17H21N5OS/c1-17(2,3)14-11-22-15(19-14)24-16(20-22)21-8-6-13(10-21)23-12-5-4-7-18-9-12/h4-5,7,9,11,13H,6,8,10H2,1-3H3. The summed E-state index contributed by atoms with van der Waals surface area (Å²) in [7, 11) is 0. The fourth-order valence-corrected chi connectivity index (χ4v) is 3.70. The Kier molecular flexibility index (Phi) is 3.68. The number of pyridine rings is 1. The van der Waals surface area contributed by atoms with E-state index in [1.54, 1.807) is 23.7 Å². The van der Waals surface area contributed by atoms with E-state index in [0.29, 0.717) is 0 Å². The summed E-state index contributed by atoms with van der Waals surface area (Å²) in [5, 5.41) is 5.71. The third-order valence-electron chi connectivity index (χ3n) is 4.15. The van der Waals surface area contributed by atoms with Crippen molar-refractivity contribution in [2.24, 2.45) is 0 Å². The van der Waals surface area contributed by atoms with Gasteiger partial charge in [0.15, 0.2) is 0 Å². The van der Waals surface area contributed by atoms with Crippen LogP contribution < -0.4 is 9.64 Å². The van der Waals surface area contributed by atoms with Crippen molar-refractivity contribution in [3.05, 3.63) is 36.4 Å². The molecule has 0 spiro atoms. The van der Waals surface area contributed by atoms with Gasteiger partial charge in [-0.15, -0.1) is 5.10 Å². The van der Waals surface area contributed by atoms with Gasteiger partial charge in [-0.05, 0) is 12.1 Å². The van der Waals surface area contributed by atoms with E-state index in [-0.39, 0.29) is 11.5 Å². The van der Waals surface area contributed by atoms with Gasteiger partial charge in [0.1, 0.15) is 11.9 Å². The van der Waals surface area contributed by atoms with Crippen molar-refractivity contribution in [2.45, 2.75) is 38.7 Å². The highest BCUT2D eigenvalue weighted by Crippen LogP contribution is 2.30. The molecule has 126 valence electrons. The fourth-order valence-electron chi connectivity index (χ4n) is 2.79. The molecule has 1 atom stereocenters. The van der Waals surface area contributed by atoms with Crippen LogP contribution in [0.1, 0.15) is 32.9 Å². The third kappa shape index (κ3) is 2.96. The van der Waals surface area contributed by atoms with E-state index in [2.05, 4.69) is 30.7 Å². The number of anilines is 1. The van der Waals surface area contributed by atoms with Gasteiger partial charge in [-0.3, -0.25) is 4.98 Å². The molecule has 0 N–H and O–H groups in total. The van der Waals surface area contributed by atoms with E-state index in [1.165, 1.54) is 0 Å². The molecule has 0 bridgehead atoms. The highest BCUT2D eigenvalue weighted by atomic mass is 32.1. The minimum atomic E-state index is 0.0455. The van der Waals surface area contributed by atoms with Crippen LogP contribution in [0.5, 0.6) is 5.75 Å². The van der Waals surface area contributed by atoms with Crippen LogP contribution in [0.2, 0.25) is 0 Å². The summed E-state index contributed by atoms with van der Waals surface area (Å²) in [6, 6.07) is 3.84. The Labute approximate surface area is 145 Å². The maximum Gasteiger partial charge on any atom is 0.214 e. The van der Waals surface area contributed by atoms with E-state index in [4.69, 9.17) is 14.8 Å². The highest BCUT2D eigenvalue weighted by Gasteiger charge is 2.27. The molecule has 1 saturated heterocycles. The van der Waals surface area contributed by atoms with Gasteiger partial charge >= 0.3 is 0 Å². The number of imidazole rings is 1. The van der Waals surface area contributed by atoms with E-state index in [1.807, 2.05) is 22.8 Å².